The monoisotopic (exact) mass is 431 g/mol. The second-order valence-electron chi connectivity index (χ2n) is 6.61. The number of halogens is 2. The predicted octanol–water partition coefficient (Wildman–Crippen LogP) is 5.88. The first-order chi connectivity index (χ1) is 12.6. The Bertz CT molecular complexity index is 909. The Balaban J connectivity index is 1.55. The van der Waals surface area contributed by atoms with Gasteiger partial charge in [0.15, 0.2) is 0 Å². The van der Waals surface area contributed by atoms with E-state index in [1.807, 2.05) is 42.5 Å². The Kier molecular flexibility index (Phi) is 5.11. The van der Waals surface area contributed by atoms with Gasteiger partial charge in [0.1, 0.15) is 0 Å². The molecule has 0 radical (unpaired) electrons. The third-order valence-corrected chi connectivity index (χ3v) is 5.56. The van der Waals surface area contributed by atoms with Gasteiger partial charge in [0.25, 0.3) is 0 Å². The van der Waals surface area contributed by atoms with Gasteiger partial charge in [-0.25, -0.2) is 0 Å². The summed E-state index contributed by atoms with van der Waals surface area (Å²) < 4.78 is 6.92. The molecule has 0 aliphatic heterocycles. The maximum Gasteiger partial charge on any atom is 0.247 e. The zero-order valence-electron chi connectivity index (χ0n) is 14.4. The molecule has 0 saturated heterocycles. The molecule has 0 N–H and O–H groups in total. The highest BCUT2D eigenvalue weighted by molar-refractivity contribution is 9.10. The quantitative estimate of drug-likeness (QED) is 0.488. The molecule has 1 unspecified atom stereocenters. The van der Waals surface area contributed by atoms with E-state index >= 15 is 0 Å². The first-order valence-corrected chi connectivity index (χ1v) is 9.87. The smallest absolute Gasteiger partial charge is 0.247 e. The van der Waals surface area contributed by atoms with Crippen LogP contribution in [0.2, 0.25) is 5.02 Å². The Morgan fingerprint density at radius 3 is 2.73 bits per heavy atom. The molecule has 1 aliphatic rings. The van der Waals surface area contributed by atoms with Gasteiger partial charge >= 0.3 is 0 Å². The first kappa shape index (κ1) is 17.7. The van der Waals surface area contributed by atoms with Crippen molar-refractivity contribution in [2.75, 3.05) is 0 Å². The molecule has 1 atom stereocenters. The largest absolute Gasteiger partial charge is 0.419 e. The molecule has 2 aromatic carbocycles. The van der Waals surface area contributed by atoms with Gasteiger partial charge in [-0.3, -0.25) is 4.90 Å². The van der Waals surface area contributed by atoms with Gasteiger partial charge in [0.05, 0.1) is 6.54 Å². The van der Waals surface area contributed by atoms with Gasteiger partial charge in [-0.15, -0.1) is 10.2 Å². The predicted molar refractivity (Wildman–Crippen MR) is 106 cm³/mol. The minimum Gasteiger partial charge on any atom is -0.419 e. The minimum absolute atomic E-state index is 0.192. The van der Waals surface area contributed by atoms with Crippen LogP contribution >= 0.6 is 27.5 Å². The van der Waals surface area contributed by atoms with Gasteiger partial charge in [-0.05, 0) is 49.6 Å². The van der Waals surface area contributed by atoms with E-state index in [4.69, 9.17) is 16.0 Å². The number of rotatable bonds is 6. The average molecular weight is 433 g/mol. The van der Waals surface area contributed by atoms with Crippen LogP contribution in [0.5, 0.6) is 0 Å². The second kappa shape index (κ2) is 7.51. The van der Waals surface area contributed by atoms with Crippen LogP contribution in [0.4, 0.5) is 0 Å². The molecule has 3 aromatic rings. The minimum atomic E-state index is 0.192. The maximum atomic E-state index is 6.41. The van der Waals surface area contributed by atoms with E-state index in [0.717, 1.165) is 20.6 Å². The van der Waals surface area contributed by atoms with Crippen LogP contribution in [-0.2, 0) is 6.54 Å². The van der Waals surface area contributed by atoms with Crippen LogP contribution in [0.25, 0.3) is 11.5 Å². The number of nitrogens with zero attached hydrogens (tertiary/aromatic N) is 3. The van der Waals surface area contributed by atoms with Gasteiger partial charge < -0.3 is 4.42 Å². The summed E-state index contributed by atoms with van der Waals surface area (Å²) in [6, 6.07) is 16.6. The summed E-state index contributed by atoms with van der Waals surface area (Å²) in [5, 5.41) is 9.28. The molecule has 1 heterocycles. The molecule has 134 valence electrons. The average Bonchev–Trinajstić information content (AvgIpc) is 3.37. The van der Waals surface area contributed by atoms with Crippen LogP contribution in [-0.4, -0.2) is 21.1 Å². The van der Waals surface area contributed by atoms with Crippen molar-refractivity contribution in [2.45, 2.75) is 38.4 Å². The first-order valence-electron chi connectivity index (χ1n) is 8.70. The fourth-order valence-corrected chi connectivity index (χ4v) is 3.89. The van der Waals surface area contributed by atoms with Gasteiger partial charge in [-0.1, -0.05) is 51.8 Å². The summed E-state index contributed by atoms with van der Waals surface area (Å²) >= 11 is 9.88. The van der Waals surface area contributed by atoms with Gasteiger partial charge in [0.2, 0.25) is 11.8 Å². The lowest BCUT2D eigenvalue weighted by Gasteiger charge is -2.28. The molecule has 4 rings (SSSR count). The molecule has 26 heavy (non-hydrogen) atoms. The highest BCUT2D eigenvalue weighted by atomic mass is 79.9. The molecule has 1 saturated carbocycles. The van der Waals surface area contributed by atoms with Crippen molar-refractivity contribution in [3.8, 4) is 11.5 Å². The second-order valence-corrected chi connectivity index (χ2v) is 7.94. The fourth-order valence-electron chi connectivity index (χ4n) is 3.19. The molecule has 0 bridgehead atoms. The highest BCUT2D eigenvalue weighted by Crippen LogP contribution is 2.37. The third-order valence-electron chi connectivity index (χ3n) is 4.72. The van der Waals surface area contributed by atoms with E-state index in [0.29, 0.717) is 24.4 Å². The van der Waals surface area contributed by atoms with Crippen molar-refractivity contribution >= 4 is 27.5 Å². The SMILES string of the molecule is CC(c1ccccc1Cl)N(Cc1nnc(-c2cccc(Br)c2)o1)C1CC1. The van der Waals surface area contributed by atoms with Crippen molar-refractivity contribution in [3.63, 3.8) is 0 Å². The summed E-state index contributed by atoms with van der Waals surface area (Å²) in [6.45, 7) is 2.81. The Hall–Kier alpha value is -1.69. The summed E-state index contributed by atoms with van der Waals surface area (Å²) in [6.07, 6.45) is 2.39. The lowest BCUT2D eigenvalue weighted by atomic mass is 10.1. The number of hydrogen-bond acceptors (Lipinski definition) is 4. The van der Waals surface area contributed by atoms with Crippen molar-refractivity contribution in [3.05, 3.63) is 69.5 Å². The van der Waals surface area contributed by atoms with Crippen LogP contribution in [0.1, 0.15) is 37.3 Å². The standard InChI is InChI=1S/C20H19BrClN3O/c1-13(17-7-2-3-8-18(17)22)25(16-9-10-16)12-19-23-24-20(26-19)14-5-4-6-15(21)11-14/h2-8,11,13,16H,9-10,12H2,1H3. The van der Waals surface area contributed by atoms with E-state index in [9.17, 15) is 0 Å². The lowest BCUT2D eigenvalue weighted by molar-refractivity contribution is 0.173. The third kappa shape index (κ3) is 3.85. The number of aromatic nitrogens is 2. The lowest BCUT2D eigenvalue weighted by Crippen LogP contribution is -2.29. The molecule has 1 aromatic heterocycles. The fraction of sp³-hybridized carbons (Fsp3) is 0.300. The van der Waals surface area contributed by atoms with E-state index in [1.165, 1.54) is 12.8 Å². The van der Waals surface area contributed by atoms with Crippen LogP contribution < -0.4 is 0 Å². The number of hydrogen-bond donors (Lipinski definition) is 0. The number of benzene rings is 2. The Morgan fingerprint density at radius 1 is 1.19 bits per heavy atom. The van der Waals surface area contributed by atoms with Crippen molar-refractivity contribution < 1.29 is 4.42 Å². The zero-order valence-corrected chi connectivity index (χ0v) is 16.7. The topological polar surface area (TPSA) is 42.2 Å². The molecular weight excluding hydrogens is 414 g/mol. The molecule has 6 heteroatoms. The molecule has 4 nitrogen and oxygen atoms in total. The van der Waals surface area contributed by atoms with Crippen LogP contribution in [0.3, 0.4) is 0 Å². The van der Waals surface area contributed by atoms with Crippen molar-refractivity contribution in [1.29, 1.82) is 0 Å². The highest BCUT2D eigenvalue weighted by Gasteiger charge is 2.34. The maximum absolute atomic E-state index is 6.41. The molecular formula is C20H19BrClN3O. The summed E-state index contributed by atoms with van der Waals surface area (Å²) in [7, 11) is 0. The van der Waals surface area contributed by atoms with Crippen molar-refractivity contribution in [2.24, 2.45) is 0 Å². The van der Waals surface area contributed by atoms with Gasteiger partial charge in [0, 0.05) is 27.1 Å². The Labute approximate surface area is 166 Å². The van der Waals surface area contributed by atoms with E-state index in [2.05, 4.69) is 44.0 Å². The molecule has 0 amide bonds. The van der Waals surface area contributed by atoms with Crippen LogP contribution in [0.15, 0.2) is 57.4 Å². The Morgan fingerprint density at radius 2 is 2.00 bits per heavy atom. The normalized spacial score (nSPS) is 15.4. The molecule has 1 aliphatic carbocycles. The van der Waals surface area contributed by atoms with E-state index in [-0.39, 0.29) is 6.04 Å². The molecule has 0 spiro atoms. The van der Waals surface area contributed by atoms with Crippen molar-refractivity contribution in [1.82, 2.24) is 15.1 Å². The van der Waals surface area contributed by atoms with E-state index in [1.54, 1.807) is 0 Å². The van der Waals surface area contributed by atoms with Gasteiger partial charge in [-0.2, -0.15) is 0 Å². The zero-order chi connectivity index (χ0) is 18.1. The van der Waals surface area contributed by atoms with Crippen LogP contribution in [0, 0.1) is 0 Å². The summed E-state index contributed by atoms with van der Waals surface area (Å²) in [4.78, 5) is 2.40. The molecule has 1 fully saturated rings. The summed E-state index contributed by atoms with van der Waals surface area (Å²) in [5.41, 5.74) is 2.04. The van der Waals surface area contributed by atoms with E-state index < -0.39 is 0 Å². The summed E-state index contributed by atoms with van der Waals surface area (Å²) in [5.74, 6) is 1.17.